The molecule has 0 saturated heterocycles. The van der Waals surface area contributed by atoms with Gasteiger partial charge in [0.15, 0.2) is 0 Å². The summed E-state index contributed by atoms with van der Waals surface area (Å²) in [5.41, 5.74) is 2.53. The maximum Gasteiger partial charge on any atom is 0.0841 e. The minimum atomic E-state index is 0.216. The van der Waals surface area contributed by atoms with E-state index >= 15 is 0 Å². The van der Waals surface area contributed by atoms with Crippen LogP contribution in [0, 0.1) is 0 Å². The Morgan fingerprint density at radius 3 is 2.47 bits per heavy atom. The van der Waals surface area contributed by atoms with Crippen molar-refractivity contribution in [3.05, 3.63) is 29.8 Å². The average molecular weight is 207 g/mol. The van der Waals surface area contributed by atoms with Crippen molar-refractivity contribution in [3.63, 3.8) is 0 Å². The normalized spacial score (nSPS) is 12.5. The molecule has 1 aromatic carbocycles. The number of benzene rings is 1. The van der Waals surface area contributed by atoms with Gasteiger partial charge in [-0.2, -0.15) is 0 Å². The first-order valence-corrected chi connectivity index (χ1v) is 5.49. The summed E-state index contributed by atoms with van der Waals surface area (Å²) in [5, 5.41) is 0. The lowest BCUT2D eigenvalue weighted by atomic mass is 10.0. The molecule has 1 atom stereocenters. The second-order valence-electron chi connectivity index (χ2n) is 3.97. The molecule has 15 heavy (non-hydrogen) atoms. The van der Waals surface area contributed by atoms with Crippen molar-refractivity contribution in [3.8, 4) is 0 Å². The molecule has 2 nitrogen and oxygen atoms in total. The van der Waals surface area contributed by atoms with Crippen LogP contribution in [0.1, 0.15) is 31.4 Å². The molecule has 0 aliphatic carbocycles. The molecule has 0 aliphatic heterocycles. The highest BCUT2D eigenvalue weighted by molar-refractivity contribution is 5.53. The Hall–Kier alpha value is -1.02. The van der Waals surface area contributed by atoms with Crippen LogP contribution in [0.15, 0.2) is 24.3 Å². The van der Waals surface area contributed by atoms with Crippen molar-refractivity contribution in [2.75, 3.05) is 26.1 Å². The molecular formula is C13H21NO. The summed E-state index contributed by atoms with van der Waals surface area (Å²) < 4.78 is 5.54. The number of ether oxygens (including phenoxy) is 1. The van der Waals surface area contributed by atoms with Gasteiger partial charge in [0.05, 0.1) is 6.10 Å². The summed E-state index contributed by atoms with van der Waals surface area (Å²) in [7, 11) is 5.92. The van der Waals surface area contributed by atoms with E-state index in [1.54, 1.807) is 7.11 Å². The van der Waals surface area contributed by atoms with Crippen molar-refractivity contribution >= 4 is 5.69 Å². The van der Waals surface area contributed by atoms with E-state index in [0.29, 0.717) is 0 Å². The highest BCUT2D eigenvalue weighted by Crippen LogP contribution is 2.29. The lowest BCUT2D eigenvalue weighted by Gasteiger charge is -2.22. The van der Waals surface area contributed by atoms with Crippen LogP contribution >= 0.6 is 0 Å². The monoisotopic (exact) mass is 207 g/mol. The van der Waals surface area contributed by atoms with Crippen LogP contribution in [-0.4, -0.2) is 21.2 Å². The molecule has 0 N–H and O–H groups in total. The number of para-hydroxylation sites is 1. The van der Waals surface area contributed by atoms with Gasteiger partial charge in [0, 0.05) is 32.5 Å². The molecular weight excluding hydrogens is 186 g/mol. The summed E-state index contributed by atoms with van der Waals surface area (Å²) in [4.78, 5) is 2.14. The van der Waals surface area contributed by atoms with Gasteiger partial charge in [0.1, 0.15) is 0 Å². The van der Waals surface area contributed by atoms with E-state index in [2.05, 4.69) is 50.2 Å². The molecule has 0 fully saturated rings. The standard InChI is InChI=1S/C13H21NO/c1-5-8-13(15-4)11-9-6-7-10-12(11)14(2)3/h6-7,9-10,13H,5,8H2,1-4H3. The molecule has 0 bridgehead atoms. The predicted octanol–water partition coefficient (Wildman–Crippen LogP) is 3.24. The number of hydrogen-bond donors (Lipinski definition) is 0. The Balaban J connectivity index is 2.99. The Bertz CT molecular complexity index is 296. The largest absolute Gasteiger partial charge is 0.377 e. The van der Waals surface area contributed by atoms with E-state index in [9.17, 15) is 0 Å². The molecule has 0 heterocycles. The SMILES string of the molecule is CCCC(OC)c1ccccc1N(C)C. The zero-order valence-electron chi connectivity index (χ0n) is 10.2. The Morgan fingerprint density at radius 1 is 1.27 bits per heavy atom. The molecule has 0 amide bonds. The van der Waals surface area contributed by atoms with E-state index in [-0.39, 0.29) is 6.10 Å². The van der Waals surface area contributed by atoms with Gasteiger partial charge in [-0.25, -0.2) is 0 Å². The van der Waals surface area contributed by atoms with Gasteiger partial charge in [-0.1, -0.05) is 31.5 Å². The molecule has 0 aromatic heterocycles. The number of methoxy groups -OCH3 is 1. The van der Waals surface area contributed by atoms with Crippen LogP contribution in [0.4, 0.5) is 5.69 Å². The minimum absolute atomic E-state index is 0.216. The molecule has 0 saturated carbocycles. The van der Waals surface area contributed by atoms with Crippen LogP contribution in [0.5, 0.6) is 0 Å². The van der Waals surface area contributed by atoms with E-state index in [1.165, 1.54) is 11.3 Å². The van der Waals surface area contributed by atoms with Crippen molar-refractivity contribution in [1.29, 1.82) is 0 Å². The molecule has 0 radical (unpaired) electrons. The zero-order valence-corrected chi connectivity index (χ0v) is 10.2. The summed E-state index contributed by atoms with van der Waals surface area (Å²) >= 11 is 0. The molecule has 1 aromatic rings. The Morgan fingerprint density at radius 2 is 1.93 bits per heavy atom. The summed E-state index contributed by atoms with van der Waals surface area (Å²) in [6.07, 6.45) is 2.43. The number of hydrogen-bond acceptors (Lipinski definition) is 2. The van der Waals surface area contributed by atoms with Gasteiger partial charge in [-0.15, -0.1) is 0 Å². The maximum atomic E-state index is 5.54. The quantitative estimate of drug-likeness (QED) is 0.735. The average Bonchev–Trinajstić information content (AvgIpc) is 2.26. The van der Waals surface area contributed by atoms with E-state index < -0.39 is 0 Å². The van der Waals surface area contributed by atoms with Gasteiger partial charge in [0.25, 0.3) is 0 Å². The second kappa shape index (κ2) is 5.76. The fourth-order valence-corrected chi connectivity index (χ4v) is 1.83. The fourth-order valence-electron chi connectivity index (χ4n) is 1.83. The number of nitrogens with zero attached hydrogens (tertiary/aromatic N) is 1. The highest BCUT2D eigenvalue weighted by Gasteiger charge is 2.14. The second-order valence-corrected chi connectivity index (χ2v) is 3.97. The third-order valence-electron chi connectivity index (χ3n) is 2.60. The first kappa shape index (κ1) is 12.1. The smallest absolute Gasteiger partial charge is 0.0841 e. The van der Waals surface area contributed by atoms with Crippen molar-refractivity contribution in [1.82, 2.24) is 0 Å². The highest BCUT2D eigenvalue weighted by atomic mass is 16.5. The van der Waals surface area contributed by atoms with Gasteiger partial charge in [-0.05, 0) is 12.5 Å². The van der Waals surface area contributed by atoms with Gasteiger partial charge in [0.2, 0.25) is 0 Å². The summed E-state index contributed by atoms with van der Waals surface area (Å²) in [5.74, 6) is 0. The topological polar surface area (TPSA) is 12.5 Å². The Kier molecular flexibility index (Phi) is 4.63. The van der Waals surface area contributed by atoms with Gasteiger partial charge >= 0.3 is 0 Å². The minimum Gasteiger partial charge on any atom is -0.377 e. The summed E-state index contributed by atoms with van der Waals surface area (Å²) in [6.45, 7) is 2.18. The molecule has 0 spiro atoms. The Labute approximate surface area is 92.9 Å². The predicted molar refractivity (Wildman–Crippen MR) is 65.4 cm³/mol. The molecule has 1 unspecified atom stereocenters. The van der Waals surface area contributed by atoms with Crippen LogP contribution in [0.3, 0.4) is 0 Å². The lowest BCUT2D eigenvalue weighted by Crippen LogP contribution is -2.13. The van der Waals surface area contributed by atoms with Crippen LogP contribution in [0.25, 0.3) is 0 Å². The summed E-state index contributed by atoms with van der Waals surface area (Å²) in [6, 6.07) is 8.43. The maximum absolute atomic E-state index is 5.54. The van der Waals surface area contributed by atoms with Crippen LogP contribution in [-0.2, 0) is 4.74 Å². The van der Waals surface area contributed by atoms with Crippen LogP contribution < -0.4 is 4.90 Å². The number of rotatable bonds is 5. The lowest BCUT2D eigenvalue weighted by molar-refractivity contribution is 0.0954. The van der Waals surface area contributed by atoms with E-state index in [1.807, 2.05) is 0 Å². The zero-order chi connectivity index (χ0) is 11.3. The van der Waals surface area contributed by atoms with Crippen molar-refractivity contribution < 1.29 is 4.74 Å². The fraction of sp³-hybridized carbons (Fsp3) is 0.538. The number of anilines is 1. The molecule has 2 heteroatoms. The van der Waals surface area contributed by atoms with Gasteiger partial charge < -0.3 is 9.64 Å². The molecule has 1 rings (SSSR count). The van der Waals surface area contributed by atoms with Crippen molar-refractivity contribution in [2.45, 2.75) is 25.9 Å². The molecule has 84 valence electrons. The first-order valence-electron chi connectivity index (χ1n) is 5.49. The van der Waals surface area contributed by atoms with E-state index in [4.69, 9.17) is 4.74 Å². The third kappa shape index (κ3) is 2.96. The van der Waals surface area contributed by atoms with Crippen LogP contribution in [0.2, 0.25) is 0 Å². The van der Waals surface area contributed by atoms with Gasteiger partial charge in [-0.3, -0.25) is 0 Å². The van der Waals surface area contributed by atoms with E-state index in [0.717, 1.165) is 12.8 Å². The third-order valence-corrected chi connectivity index (χ3v) is 2.60. The molecule has 0 aliphatic rings. The van der Waals surface area contributed by atoms with Crippen molar-refractivity contribution in [2.24, 2.45) is 0 Å². The first-order chi connectivity index (χ1) is 7.20.